The average molecular weight is 260 g/mol. The van der Waals surface area contributed by atoms with E-state index in [9.17, 15) is 9.50 Å². The zero-order valence-corrected chi connectivity index (χ0v) is 11.0. The SMILES string of the molecule is CCC(O)(CC)CNCc1cccc(F)c1Cl. The van der Waals surface area contributed by atoms with Crippen LogP contribution in [0.1, 0.15) is 32.3 Å². The molecule has 1 aromatic rings. The fourth-order valence-corrected chi connectivity index (χ4v) is 1.81. The molecule has 0 saturated heterocycles. The minimum absolute atomic E-state index is 0.150. The first kappa shape index (κ1) is 14.4. The van der Waals surface area contributed by atoms with Gasteiger partial charge < -0.3 is 10.4 Å². The van der Waals surface area contributed by atoms with E-state index in [0.29, 0.717) is 31.5 Å². The highest BCUT2D eigenvalue weighted by Crippen LogP contribution is 2.20. The van der Waals surface area contributed by atoms with Crippen LogP contribution < -0.4 is 5.32 Å². The van der Waals surface area contributed by atoms with Gasteiger partial charge in [-0.15, -0.1) is 0 Å². The number of nitrogens with one attached hydrogen (secondary N) is 1. The summed E-state index contributed by atoms with van der Waals surface area (Å²) in [7, 11) is 0. The minimum Gasteiger partial charge on any atom is -0.389 e. The first-order valence-corrected chi connectivity index (χ1v) is 6.26. The Bertz CT molecular complexity index is 366. The second-order valence-electron chi connectivity index (χ2n) is 4.25. The molecule has 0 amide bonds. The third kappa shape index (κ3) is 3.95. The maximum absolute atomic E-state index is 13.2. The van der Waals surface area contributed by atoms with Crippen molar-refractivity contribution < 1.29 is 9.50 Å². The lowest BCUT2D eigenvalue weighted by molar-refractivity contribution is 0.0323. The fraction of sp³-hybridized carbons (Fsp3) is 0.538. The third-order valence-corrected chi connectivity index (χ3v) is 3.54. The molecular formula is C13H19ClFNO. The number of hydrogen-bond acceptors (Lipinski definition) is 2. The van der Waals surface area contributed by atoms with Crippen LogP contribution >= 0.6 is 11.6 Å². The highest BCUT2D eigenvalue weighted by molar-refractivity contribution is 6.31. The maximum Gasteiger partial charge on any atom is 0.142 e. The van der Waals surface area contributed by atoms with E-state index in [1.54, 1.807) is 12.1 Å². The number of benzene rings is 1. The van der Waals surface area contributed by atoms with Gasteiger partial charge in [-0.2, -0.15) is 0 Å². The van der Waals surface area contributed by atoms with Crippen LogP contribution in [0.2, 0.25) is 5.02 Å². The monoisotopic (exact) mass is 259 g/mol. The van der Waals surface area contributed by atoms with Crippen LogP contribution in [0, 0.1) is 5.82 Å². The zero-order chi connectivity index (χ0) is 12.9. The normalized spacial score (nSPS) is 11.8. The Morgan fingerprint density at radius 2 is 2.00 bits per heavy atom. The summed E-state index contributed by atoms with van der Waals surface area (Å²) < 4.78 is 13.2. The van der Waals surface area contributed by atoms with Crippen molar-refractivity contribution in [1.82, 2.24) is 5.32 Å². The molecule has 0 aliphatic heterocycles. The summed E-state index contributed by atoms with van der Waals surface area (Å²) in [5.41, 5.74) is 0.0148. The minimum atomic E-state index is -0.695. The molecule has 0 aliphatic carbocycles. The molecule has 0 fully saturated rings. The Labute approximate surface area is 107 Å². The van der Waals surface area contributed by atoms with Gasteiger partial charge in [0.2, 0.25) is 0 Å². The van der Waals surface area contributed by atoms with Crippen LogP contribution in [0.15, 0.2) is 18.2 Å². The molecule has 0 aliphatic rings. The summed E-state index contributed by atoms with van der Waals surface area (Å²) in [6.07, 6.45) is 1.38. The van der Waals surface area contributed by atoms with Gasteiger partial charge in [-0.3, -0.25) is 0 Å². The van der Waals surface area contributed by atoms with Crippen molar-refractivity contribution in [3.8, 4) is 0 Å². The number of hydrogen-bond donors (Lipinski definition) is 2. The second kappa shape index (κ2) is 6.34. The lowest BCUT2D eigenvalue weighted by Crippen LogP contribution is -2.39. The van der Waals surface area contributed by atoms with Crippen molar-refractivity contribution in [1.29, 1.82) is 0 Å². The molecule has 0 unspecified atom stereocenters. The van der Waals surface area contributed by atoms with Crippen LogP contribution in [0.5, 0.6) is 0 Å². The summed E-state index contributed by atoms with van der Waals surface area (Å²) >= 11 is 5.83. The van der Waals surface area contributed by atoms with E-state index in [-0.39, 0.29) is 5.02 Å². The predicted octanol–water partition coefficient (Wildman–Crippen LogP) is 3.12. The van der Waals surface area contributed by atoms with Gasteiger partial charge in [0.1, 0.15) is 5.82 Å². The molecule has 0 heterocycles. The molecule has 1 rings (SSSR count). The standard InChI is InChI=1S/C13H19ClFNO/c1-3-13(17,4-2)9-16-8-10-6-5-7-11(15)12(10)14/h5-7,16-17H,3-4,8-9H2,1-2H3. The van der Waals surface area contributed by atoms with E-state index >= 15 is 0 Å². The van der Waals surface area contributed by atoms with Crippen molar-refractivity contribution in [3.05, 3.63) is 34.6 Å². The molecule has 0 saturated carbocycles. The summed E-state index contributed by atoms with van der Waals surface area (Å²) in [4.78, 5) is 0. The van der Waals surface area contributed by atoms with Crippen molar-refractivity contribution in [2.45, 2.75) is 38.8 Å². The molecule has 2 N–H and O–H groups in total. The lowest BCUT2D eigenvalue weighted by Gasteiger charge is -2.25. The van der Waals surface area contributed by atoms with E-state index in [2.05, 4.69) is 5.32 Å². The van der Waals surface area contributed by atoms with Gasteiger partial charge in [-0.1, -0.05) is 37.6 Å². The Kier molecular flexibility index (Phi) is 5.37. The Balaban J connectivity index is 2.54. The van der Waals surface area contributed by atoms with Gasteiger partial charge in [-0.25, -0.2) is 4.39 Å². The smallest absolute Gasteiger partial charge is 0.142 e. The Morgan fingerprint density at radius 1 is 1.35 bits per heavy atom. The van der Waals surface area contributed by atoms with Gasteiger partial charge in [0.05, 0.1) is 10.6 Å². The highest BCUT2D eigenvalue weighted by atomic mass is 35.5. The fourth-order valence-electron chi connectivity index (χ4n) is 1.61. The molecular weight excluding hydrogens is 241 g/mol. The molecule has 0 aromatic heterocycles. The summed E-state index contributed by atoms with van der Waals surface area (Å²) in [6, 6.07) is 4.74. The first-order chi connectivity index (χ1) is 8.02. The van der Waals surface area contributed by atoms with Crippen molar-refractivity contribution in [2.24, 2.45) is 0 Å². The molecule has 2 nitrogen and oxygen atoms in total. The molecule has 0 bridgehead atoms. The molecule has 0 spiro atoms. The van der Waals surface area contributed by atoms with E-state index in [1.807, 2.05) is 13.8 Å². The highest BCUT2D eigenvalue weighted by Gasteiger charge is 2.21. The summed E-state index contributed by atoms with van der Waals surface area (Å²) in [6.45, 7) is 4.83. The quantitative estimate of drug-likeness (QED) is 0.823. The lowest BCUT2D eigenvalue weighted by atomic mass is 9.97. The van der Waals surface area contributed by atoms with Gasteiger partial charge >= 0.3 is 0 Å². The maximum atomic E-state index is 13.2. The van der Waals surface area contributed by atoms with E-state index in [4.69, 9.17) is 11.6 Å². The van der Waals surface area contributed by atoms with E-state index in [1.165, 1.54) is 6.07 Å². The van der Waals surface area contributed by atoms with Crippen molar-refractivity contribution in [2.75, 3.05) is 6.54 Å². The average Bonchev–Trinajstić information content (AvgIpc) is 2.34. The molecule has 4 heteroatoms. The van der Waals surface area contributed by atoms with Crippen LogP contribution in [-0.4, -0.2) is 17.3 Å². The number of aliphatic hydroxyl groups is 1. The van der Waals surface area contributed by atoms with Gasteiger partial charge in [0, 0.05) is 13.1 Å². The van der Waals surface area contributed by atoms with Gasteiger partial charge in [0.15, 0.2) is 0 Å². The van der Waals surface area contributed by atoms with Crippen LogP contribution in [-0.2, 0) is 6.54 Å². The molecule has 17 heavy (non-hydrogen) atoms. The zero-order valence-electron chi connectivity index (χ0n) is 10.3. The van der Waals surface area contributed by atoms with E-state index in [0.717, 1.165) is 0 Å². The number of rotatable bonds is 6. The second-order valence-corrected chi connectivity index (χ2v) is 4.63. The first-order valence-electron chi connectivity index (χ1n) is 5.88. The third-order valence-electron chi connectivity index (χ3n) is 3.12. The Morgan fingerprint density at radius 3 is 2.59 bits per heavy atom. The van der Waals surface area contributed by atoms with Gasteiger partial charge in [-0.05, 0) is 24.5 Å². The molecule has 0 radical (unpaired) electrons. The van der Waals surface area contributed by atoms with Crippen LogP contribution in [0.4, 0.5) is 4.39 Å². The predicted molar refractivity (Wildman–Crippen MR) is 68.6 cm³/mol. The van der Waals surface area contributed by atoms with Gasteiger partial charge in [0.25, 0.3) is 0 Å². The molecule has 0 atom stereocenters. The summed E-state index contributed by atoms with van der Waals surface area (Å²) in [5, 5.41) is 13.3. The largest absolute Gasteiger partial charge is 0.389 e. The van der Waals surface area contributed by atoms with Crippen molar-refractivity contribution >= 4 is 11.6 Å². The van der Waals surface area contributed by atoms with Crippen molar-refractivity contribution in [3.63, 3.8) is 0 Å². The summed E-state index contributed by atoms with van der Waals surface area (Å²) in [5.74, 6) is -0.410. The van der Waals surface area contributed by atoms with Crippen LogP contribution in [0.25, 0.3) is 0 Å². The molecule has 96 valence electrons. The van der Waals surface area contributed by atoms with E-state index < -0.39 is 11.4 Å². The number of halogens is 2. The molecule has 1 aromatic carbocycles. The Hall–Kier alpha value is -0.640. The van der Waals surface area contributed by atoms with Crippen LogP contribution in [0.3, 0.4) is 0 Å². The topological polar surface area (TPSA) is 32.3 Å².